The van der Waals surface area contributed by atoms with Gasteiger partial charge in [0.2, 0.25) is 0 Å². The third-order valence-electron chi connectivity index (χ3n) is 3.29. The molecule has 0 bridgehead atoms. The molecule has 1 unspecified atom stereocenters. The van der Waals surface area contributed by atoms with Gasteiger partial charge in [-0.25, -0.2) is 8.78 Å². The summed E-state index contributed by atoms with van der Waals surface area (Å²) in [5.41, 5.74) is 0.833. The Morgan fingerprint density at radius 1 is 1.41 bits per heavy atom. The van der Waals surface area contributed by atoms with Gasteiger partial charge >= 0.3 is 0 Å². The normalized spacial score (nSPS) is 20.6. The quantitative estimate of drug-likeness (QED) is 0.878. The molecule has 0 amide bonds. The van der Waals surface area contributed by atoms with Crippen molar-refractivity contribution in [2.45, 2.75) is 19.3 Å². The van der Waals surface area contributed by atoms with Crippen LogP contribution in [0.4, 0.5) is 8.78 Å². The van der Waals surface area contributed by atoms with E-state index in [0.29, 0.717) is 19.5 Å². The van der Waals surface area contributed by atoms with Crippen LogP contribution >= 0.6 is 0 Å². The van der Waals surface area contributed by atoms with Gasteiger partial charge in [-0.3, -0.25) is 0 Å². The molecule has 1 fully saturated rings. The van der Waals surface area contributed by atoms with Crippen molar-refractivity contribution in [3.8, 4) is 5.75 Å². The smallest absolute Gasteiger partial charge is 0.280 e. The Bertz CT molecular complexity index is 400. The van der Waals surface area contributed by atoms with Gasteiger partial charge in [0, 0.05) is 12.5 Å². The molecular formula is C13H17F2NO. The number of benzene rings is 1. The van der Waals surface area contributed by atoms with Crippen LogP contribution in [-0.2, 0) is 5.92 Å². The third-order valence-corrected chi connectivity index (χ3v) is 3.29. The molecule has 1 aromatic rings. The first-order valence-corrected chi connectivity index (χ1v) is 5.79. The fourth-order valence-electron chi connectivity index (χ4n) is 2.27. The molecule has 4 heteroatoms. The summed E-state index contributed by atoms with van der Waals surface area (Å²) in [6.07, 6.45) is 0.504. The summed E-state index contributed by atoms with van der Waals surface area (Å²) in [7, 11) is 1.43. The Morgan fingerprint density at radius 2 is 2.18 bits per heavy atom. The number of nitrogens with one attached hydrogen (secondary N) is 1. The second kappa shape index (κ2) is 4.61. The SMILES string of the molecule is COc1ccc(C)cc1C(F)(F)C1CCNC1. The fraction of sp³-hybridized carbons (Fsp3) is 0.538. The van der Waals surface area contributed by atoms with E-state index in [4.69, 9.17) is 4.74 Å². The number of aryl methyl sites for hydroxylation is 1. The van der Waals surface area contributed by atoms with Gasteiger partial charge < -0.3 is 10.1 Å². The topological polar surface area (TPSA) is 21.3 Å². The highest BCUT2D eigenvalue weighted by Crippen LogP contribution is 2.43. The minimum atomic E-state index is -2.83. The molecule has 1 aromatic carbocycles. The lowest BCUT2D eigenvalue weighted by Gasteiger charge is -2.25. The van der Waals surface area contributed by atoms with Gasteiger partial charge in [0.15, 0.2) is 0 Å². The van der Waals surface area contributed by atoms with Crippen molar-refractivity contribution in [1.29, 1.82) is 0 Å². The molecular weight excluding hydrogens is 224 g/mol. The molecule has 0 aromatic heterocycles. The van der Waals surface area contributed by atoms with Crippen LogP contribution in [0.5, 0.6) is 5.75 Å². The molecule has 1 aliphatic heterocycles. The molecule has 2 rings (SSSR count). The van der Waals surface area contributed by atoms with E-state index in [9.17, 15) is 8.78 Å². The summed E-state index contributed by atoms with van der Waals surface area (Å²) in [5, 5.41) is 2.98. The van der Waals surface area contributed by atoms with Crippen LogP contribution in [0.15, 0.2) is 18.2 Å². The Morgan fingerprint density at radius 3 is 2.76 bits per heavy atom. The van der Waals surface area contributed by atoms with E-state index in [0.717, 1.165) is 5.56 Å². The molecule has 2 nitrogen and oxygen atoms in total. The highest BCUT2D eigenvalue weighted by atomic mass is 19.3. The number of rotatable bonds is 3. The van der Waals surface area contributed by atoms with Crippen molar-refractivity contribution in [3.05, 3.63) is 29.3 Å². The predicted molar refractivity (Wildman–Crippen MR) is 62.6 cm³/mol. The minimum Gasteiger partial charge on any atom is -0.496 e. The van der Waals surface area contributed by atoms with Gasteiger partial charge in [-0.15, -0.1) is 0 Å². The van der Waals surface area contributed by atoms with Gasteiger partial charge in [0.05, 0.1) is 12.7 Å². The largest absolute Gasteiger partial charge is 0.496 e. The zero-order chi connectivity index (χ0) is 12.5. The zero-order valence-corrected chi connectivity index (χ0v) is 10.1. The average Bonchev–Trinajstić information content (AvgIpc) is 2.83. The van der Waals surface area contributed by atoms with Crippen molar-refractivity contribution in [2.75, 3.05) is 20.2 Å². The van der Waals surface area contributed by atoms with Crippen LogP contribution in [-0.4, -0.2) is 20.2 Å². The van der Waals surface area contributed by atoms with E-state index >= 15 is 0 Å². The lowest BCUT2D eigenvalue weighted by Crippen LogP contribution is -2.28. The van der Waals surface area contributed by atoms with Crippen LogP contribution in [0.1, 0.15) is 17.5 Å². The van der Waals surface area contributed by atoms with E-state index < -0.39 is 11.8 Å². The summed E-state index contributed by atoms with van der Waals surface area (Å²) in [6, 6.07) is 4.92. The first kappa shape index (κ1) is 12.3. The standard InChI is InChI=1S/C13H17F2NO/c1-9-3-4-12(17-2)11(7-9)13(14,15)10-5-6-16-8-10/h3-4,7,10,16H,5-6,8H2,1-2H3. The average molecular weight is 241 g/mol. The van der Waals surface area contributed by atoms with E-state index in [1.54, 1.807) is 12.1 Å². The highest BCUT2D eigenvalue weighted by molar-refractivity contribution is 5.40. The Labute approximate surface area is 100.0 Å². The number of methoxy groups -OCH3 is 1. The number of halogens is 2. The summed E-state index contributed by atoms with van der Waals surface area (Å²) in [5.74, 6) is -3.20. The number of ether oxygens (including phenoxy) is 1. The molecule has 0 saturated carbocycles. The van der Waals surface area contributed by atoms with E-state index in [-0.39, 0.29) is 11.3 Å². The summed E-state index contributed by atoms with van der Waals surface area (Å²) >= 11 is 0. The monoisotopic (exact) mass is 241 g/mol. The predicted octanol–water partition coefficient (Wildman–Crippen LogP) is 2.70. The van der Waals surface area contributed by atoms with Crippen molar-refractivity contribution >= 4 is 0 Å². The minimum absolute atomic E-state index is 0.00806. The van der Waals surface area contributed by atoms with Gasteiger partial charge in [0.1, 0.15) is 5.75 Å². The van der Waals surface area contributed by atoms with E-state index in [1.807, 2.05) is 6.92 Å². The summed E-state index contributed by atoms with van der Waals surface area (Å²) < 4.78 is 33.8. The molecule has 17 heavy (non-hydrogen) atoms. The van der Waals surface area contributed by atoms with Crippen LogP contribution < -0.4 is 10.1 Å². The van der Waals surface area contributed by atoms with Crippen molar-refractivity contribution < 1.29 is 13.5 Å². The van der Waals surface area contributed by atoms with E-state index in [2.05, 4.69) is 5.32 Å². The molecule has 1 heterocycles. The fourth-order valence-corrected chi connectivity index (χ4v) is 2.27. The van der Waals surface area contributed by atoms with Crippen molar-refractivity contribution in [3.63, 3.8) is 0 Å². The number of alkyl halides is 2. The first-order chi connectivity index (χ1) is 8.05. The molecule has 1 atom stereocenters. The first-order valence-electron chi connectivity index (χ1n) is 5.79. The summed E-state index contributed by atoms with van der Waals surface area (Å²) in [6.45, 7) is 2.84. The maximum Gasteiger partial charge on any atom is 0.280 e. The molecule has 0 spiro atoms. The van der Waals surface area contributed by atoms with Gasteiger partial charge in [0.25, 0.3) is 5.92 Å². The van der Waals surface area contributed by atoms with Gasteiger partial charge in [-0.2, -0.15) is 0 Å². The Hall–Kier alpha value is -1.16. The molecule has 94 valence electrons. The van der Waals surface area contributed by atoms with Crippen LogP contribution in [0.3, 0.4) is 0 Å². The second-order valence-electron chi connectivity index (χ2n) is 4.52. The van der Waals surface area contributed by atoms with Crippen molar-refractivity contribution in [1.82, 2.24) is 5.32 Å². The molecule has 0 radical (unpaired) electrons. The molecule has 1 aliphatic rings. The lowest BCUT2D eigenvalue weighted by atomic mass is 9.92. The zero-order valence-electron chi connectivity index (χ0n) is 10.1. The van der Waals surface area contributed by atoms with Crippen LogP contribution in [0, 0.1) is 12.8 Å². The summed E-state index contributed by atoms with van der Waals surface area (Å²) in [4.78, 5) is 0. The van der Waals surface area contributed by atoms with Crippen LogP contribution in [0.2, 0.25) is 0 Å². The van der Waals surface area contributed by atoms with E-state index in [1.165, 1.54) is 13.2 Å². The van der Waals surface area contributed by atoms with Crippen LogP contribution in [0.25, 0.3) is 0 Å². The van der Waals surface area contributed by atoms with Gasteiger partial charge in [-0.1, -0.05) is 11.6 Å². The lowest BCUT2D eigenvalue weighted by molar-refractivity contribution is -0.0592. The Balaban J connectivity index is 2.39. The van der Waals surface area contributed by atoms with Gasteiger partial charge in [-0.05, 0) is 32.0 Å². The highest BCUT2D eigenvalue weighted by Gasteiger charge is 2.44. The maximum absolute atomic E-state index is 14.4. The maximum atomic E-state index is 14.4. The molecule has 1 saturated heterocycles. The molecule has 0 aliphatic carbocycles. The number of hydrogen-bond acceptors (Lipinski definition) is 2. The molecule has 1 N–H and O–H groups in total. The Kier molecular flexibility index (Phi) is 3.33. The van der Waals surface area contributed by atoms with Crippen molar-refractivity contribution in [2.24, 2.45) is 5.92 Å². The number of hydrogen-bond donors (Lipinski definition) is 1. The second-order valence-corrected chi connectivity index (χ2v) is 4.52. The third kappa shape index (κ3) is 2.27.